The summed E-state index contributed by atoms with van der Waals surface area (Å²) in [5, 5.41) is 53.2. The lowest BCUT2D eigenvalue weighted by atomic mass is 10.0. The predicted molar refractivity (Wildman–Crippen MR) is 528 cm³/mol. The van der Waals surface area contributed by atoms with Crippen LogP contribution < -0.4 is 75.3 Å². The highest BCUT2D eigenvalue weighted by molar-refractivity contribution is 7.80. The second-order valence-electron chi connectivity index (χ2n) is 37.8. The van der Waals surface area contributed by atoms with Gasteiger partial charge in [-0.15, -0.1) is 0 Å². The van der Waals surface area contributed by atoms with Crippen LogP contribution in [0.2, 0.25) is 0 Å². The number of hydrogen-bond acceptors (Lipinski definition) is 26. The molecular weight excluding hydrogens is 1880 g/mol. The highest BCUT2D eigenvalue weighted by Gasteiger charge is 2.45. The Morgan fingerprint density at radius 2 is 0.768 bits per heavy atom. The summed E-state index contributed by atoms with van der Waals surface area (Å²) in [6.07, 6.45) is 9.36. The number of Topliss-reactive ketones (excluding diaryl/α,β-unsaturated/α-hetero) is 2. The molecule has 16 atom stereocenters. The molecule has 8 heterocycles. The number of primary amides is 2. The lowest BCUT2D eigenvalue weighted by Crippen LogP contribution is -2.60. The number of unbranched alkanes of at least 4 members (excludes halogenated alkanes) is 2. The van der Waals surface area contributed by atoms with E-state index in [-0.39, 0.29) is 139 Å². The molecule has 44 nitrogen and oxygen atoms in total. The van der Waals surface area contributed by atoms with Crippen LogP contribution in [0.5, 0.6) is 0 Å². The Hall–Kier alpha value is -12.1. The highest BCUT2D eigenvalue weighted by atomic mass is 32.1. The van der Waals surface area contributed by atoms with Crippen LogP contribution in [-0.4, -0.2) is 356 Å². The molecule has 6 aliphatic rings. The van der Waals surface area contributed by atoms with Gasteiger partial charge in [0, 0.05) is 97.6 Å². The average Bonchev–Trinajstić information content (AvgIpc) is 1.68. The van der Waals surface area contributed by atoms with Crippen molar-refractivity contribution in [2.24, 2.45) is 11.5 Å². The average molecular weight is 2020 g/mol. The minimum absolute atomic E-state index is 0.00217. The van der Waals surface area contributed by atoms with Gasteiger partial charge in [-0.05, 0) is 194 Å². The number of H-pyrrole nitrogens is 2. The standard InChI is InChI=1S/C48H71N11O11S2.C48H71N11O11/c1-57(2)19-9-8-15-31-43(65)54-33(22-28-24-50-30-13-7-6-12-29(28)30)45(67)56-35(26-71)39(61)18-5-3-4-14-32(53-47(69)38-17-11-20-58(38)41(63)25-60)44(66)55-34(23-40(62)51-36(27-72)46(68)52-31)48(70)59-21-10-16-37(59)42(49)64;1-28-39(61)20-7-5-6-16-34(54-47(69)38-19-13-22-58(38)41(63)27-60)45(67)56-36(48(70)59-23-12-18-37(59)42(49)64)25-40(62)51-29(2)43(65)53-33(17-10-11-21-57(3)4)44(66)55-35(46(68)52-28)24-30-26-50-32-15-9-8-14-31(30)32/h6-7,12-13,24,31-38,50,60,71-72H,3-5,8-11,14-23,25-27H2,1-2H3,(H2,49,64)(H,51,62)(H,52,68)(H,53,69)(H,54,65)(H,55,66)(H,56,67);8-9,14-15,26,28-29,33-38,50,60H,5-7,10-13,16-25,27H2,1-4H3,(H2,49,64)(H,51,62)(H,52,68)(H,53,65)(H,54,69)(H,55,66)(H,56,67)/t31-,32-,33-,34-,35-,36-,37-,38-;28-,29-,33-,34-,35-,36-,37-,38-/m00/s1. The molecule has 2 aromatic carbocycles. The van der Waals surface area contributed by atoms with E-state index >= 15 is 0 Å². The van der Waals surface area contributed by atoms with Gasteiger partial charge in [-0.25, -0.2) is 0 Å². The fourth-order valence-corrected chi connectivity index (χ4v) is 19.3. The monoisotopic (exact) mass is 2020 g/mol. The number of nitrogens with zero attached hydrogens (tertiary/aromatic N) is 6. The normalized spacial score (nSPS) is 26.1. The van der Waals surface area contributed by atoms with Gasteiger partial charge in [-0.2, -0.15) is 25.3 Å². The minimum Gasteiger partial charge on any atom is -0.387 e. The molecule has 780 valence electrons. The van der Waals surface area contributed by atoms with Gasteiger partial charge < -0.3 is 125 Å². The molecule has 6 fully saturated rings. The van der Waals surface area contributed by atoms with Gasteiger partial charge in [0.25, 0.3) is 0 Å². The zero-order chi connectivity index (χ0) is 104. The summed E-state index contributed by atoms with van der Waals surface area (Å²) in [7, 11) is 7.60. The van der Waals surface area contributed by atoms with Crippen molar-refractivity contribution in [1.29, 1.82) is 0 Å². The Labute approximate surface area is 835 Å². The smallest absolute Gasteiger partial charge is 0.248 e. The third kappa shape index (κ3) is 33.0. The third-order valence-electron chi connectivity index (χ3n) is 26.6. The lowest BCUT2D eigenvalue weighted by Gasteiger charge is -2.30. The summed E-state index contributed by atoms with van der Waals surface area (Å²) in [5.41, 5.74) is 14.3. The Morgan fingerprint density at radius 3 is 1.19 bits per heavy atom. The van der Waals surface area contributed by atoms with E-state index in [9.17, 15) is 106 Å². The van der Waals surface area contributed by atoms with Crippen molar-refractivity contribution >= 4 is 165 Å². The molecule has 0 aliphatic carbocycles. The number of aliphatic hydroxyl groups excluding tert-OH is 2. The van der Waals surface area contributed by atoms with E-state index in [0.717, 1.165) is 27.4 Å². The van der Waals surface area contributed by atoms with Crippen molar-refractivity contribution in [3.8, 4) is 0 Å². The topological polar surface area (TPSA) is 629 Å². The number of thiol groups is 2. The van der Waals surface area contributed by atoms with Crippen LogP contribution in [0.4, 0.5) is 0 Å². The molecular formula is C96H142N22O22S2. The Morgan fingerprint density at radius 1 is 0.394 bits per heavy atom. The molecule has 4 aromatic rings. The van der Waals surface area contributed by atoms with E-state index in [1.54, 1.807) is 19.3 Å². The quantitative estimate of drug-likeness (QED) is 0.0226. The highest BCUT2D eigenvalue weighted by Crippen LogP contribution is 2.28. The molecule has 46 heteroatoms. The molecule has 18 amide bonds. The number of fused-ring (bicyclic) bond motifs is 2. The summed E-state index contributed by atoms with van der Waals surface area (Å²) >= 11 is 8.72. The number of benzene rings is 2. The lowest BCUT2D eigenvalue weighted by molar-refractivity contribution is -0.143. The number of aromatic nitrogens is 2. The van der Waals surface area contributed by atoms with E-state index in [1.807, 2.05) is 86.5 Å². The van der Waals surface area contributed by atoms with Crippen LogP contribution in [0.25, 0.3) is 21.8 Å². The number of aromatic amines is 2. The molecule has 0 unspecified atom stereocenters. The maximum Gasteiger partial charge on any atom is 0.248 e. The second kappa shape index (κ2) is 56.1. The first-order chi connectivity index (χ1) is 67.8. The molecule has 10 rings (SSSR count). The molecule has 6 aliphatic heterocycles. The first-order valence-electron chi connectivity index (χ1n) is 49.1. The summed E-state index contributed by atoms with van der Waals surface area (Å²) in [6, 6.07) is -4.52. The van der Waals surface area contributed by atoms with Crippen molar-refractivity contribution in [1.82, 2.24) is 103 Å². The van der Waals surface area contributed by atoms with Gasteiger partial charge in [0.1, 0.15) is 97.8 Å². The Balaban J connectivity index is 0.000000317. The molecule has 20 N–H and O–H groups in total. The maximum absolute atomic E-state index is 14.4. The number of rotatable bonds is 26. The largest absolute Gasteiger partial charge is 0.387 e. The van der Waals surface area contributed by atoms with Crippen LogP contribution in [0.1, 0.15) is 192 Å². The first kappa shape index (κ1) is 113. The summed E-state index contributed by atoms with van der Waals surface area (Å²) < 4.78 is 0. The first-order valence-corrected chi connectivity index (χ1v) is 50.4. The number of nitrogens with one attached hydrogen (secondary N) is 14. The Kier molecular flexibility index (Phi) is 44.8. The van der Waals surface area contributed by atoms with E-state index in [1.165, 1.54) is 26.5 Å². The number of nitrogens with two attached hydrogens (primary N) is 2. The number of para-hydroxylation sites is 2. The van der Waals surface area contributed by atoms with Crippen molar-refractivity contribution in [3.05, 3.63) is 72.1 Å². The van der Waals surface area contributed by atoms with Crippen LogP contribution >= 0.6 is 25.3 Å². The Bertz CT molecular complexity index is 5130. The van der Waals surface area contributed by atoms with Gasteiger partial charge in [-0.1, -0.05) is 62.1 Å². The molecule has 2 aromatic heterocycles. The van der Waals surface area contributed by atoms with Crippen LogP contribution in [0.3, 0.4) is 0 Å². The minimum atomic E-state index is -1.63. The number of carbonyl (C=O) groups excluding carboxylic acids is 20. The van der Waals surface area contributed by atoms with Crippen LogP contribution in [-0.2, 0) is 109 Å². The molecule has 0 spiro atoms. The summed E-state index contributed by atoms with van der Waals surface area (Å²) in [6.45, 7) is 3.27. The number of aliphatic hydroxyl groups is 2. The third-order valence-corrected chi connectivity index (χ3v) is 27.3. The van der Waals surface area contributed by atoms with Crippen LogP contribution in [0, 0.1) is 0 Å². The van der Waals surface area contributed by atoms with E-state index < -0.39 is 229 Å². The number of likely N-dealkylation sites (tertiary alicyclic amines) is 4. The number of carbonyl (C=O) groups is 20. The molecule has 6 saturated heterocycles. The van der Waals surface area contributed by atoms with Gasteiger partial charge in [0.2, 0.25) is 106 Å². The fraction of sp³-hybridized carbons (Fsp3) is 0.625. The van der Waals surface area contributed by atoms with Crippen LogP contribution in [0.15, 0.2) is 60.9 Å². The number of ketones is 2. The van der Waals surface area contributed by atoms with E-state index in [0.29, 0.717) is 95.7 Å². The van der Waals surface area contributed by atoms with E-state index in [2.05, 4.69) is 99.0 Å². The maximum atomic E-state index is 14.4. The van der Waals surface area contributed by atoms with Crippen molar-refractivity contribution in [3.63, 3.8) is 0 Å². The second-order valence-corrected chi connectivity index (χ2v) is 38.5. The van der Waals surface area contributed by atoms with Gasteiger partial charge in [-0.3, -0.25) is 95.9 Å². The van der Waals surface area contributed by atoms with Crippen molar-refractivity contribution < 1.29 is 106 Å². The van der Waals surface area contributed by atoms with E-state index in [4.69, 9.17) is 11.5 Å². The molecule has 0 bridgehead atoms. The fourth-order valence-electron chi connectivity index (χ4n) is 18.7. The van der Waals surface area contributed by atoms with Gasteiger partial charge in [0.15, 0.2) is 11.6 Å². The predicted octanol–water partition coefficient (Wildman–Crippen LogP) is -2.63. The number of amides is 18. The summed E-state index contributed by atoms with van der Waals surface area (Å²) in [5.74, 6) is -14.5. The number of hydrogen-bond donors (Lipinski definition) is 20. The summed E-state index contributed by atoms with van der Waals surface area (Å²) in [4.78, 5) is 290. The zero-order valence-corrected chi connectivity index (χ0v) is 83.5. The molecule has 142 heavy (non-hydrogen) atoms. The SMILES string of the molecule is CN(C)CCCC[C@@H]1NC(=O)[C@H](CS)NC(=O)C[C@@H](C(=O)N2CCC[C@H]2C(N)=O)NC(=O)[C@@H](NC(=O)[C@@H]2CCCN2C(=O)CO)CCCCCC(=O)[C@H](CS)NC(=O)[C@H](Cc2c[nH]c3ccccc23)NC1=O.C[C@@H]1NC(=O)[C@H](Cc2c[nH]c3ccccc23)NC(=O)[C@H](CCCCN(C)C)NC(=O)[C@H](C)NC(=O)C[C@@H](C(=O)N2CCC[C@H]2C(N)=O)NC(=O)[C@@H](NC(=O)[C@@H]2CCCN2C(=O)CO)CCCCCC1=O. The van der Waals surface area contributed by atoms with Crippen molar-refractivity contribution in [2.75, 3.05) is 92.2 Å². The van der Waals surface area contributed by atoms with Crippen molar-refractivity contribution in [2.45, 2.75) is 290 Å². The molecule has 0 saturated carbocycles. The zero-order valence-electron chi connectivity index (χ0n) is 81.7. The van der Waals surface area contributed by atoms with Gasteiger partial charge >= 0.3 is 0 Å². The molecule has 0 radical (unpaired) electrons. The van der Waals surface area contributed by atoms with Gasteiger partial charge in [0.05, 0.1) is 24.9 Å².